The van der Waals surface area contributed by atoms with Crippen LogP contribution in [-0.2, 0) is 10.2 Å². The van der Waals surface area contributed by atoms with Crippen molar-refractivity contribution < 1.29 is 8.42 Å². The van der Waals surface area contributed by atoms with Gasteiger partial charge in [0, 0.05) is 25.8 Å². The summed E-state index contributed by atoms with van der Waals surface area (Å²) in [7, 11) is -3.87. The molecule has 2 aliphatic rings. The summed E-state index contributed by atoms with van der Waals surface area (Å²) in [5, 5.41) is 18.8. The first-order chi connectivity index (χ1) is 13.0. The van der Waals surface area contributed by atoms with E-state index in [1.54, 1.807) is 6.20 Å². The predicted octanol–water partition coefficient (Wildman–Crippen LogP) is 0.206. The van der Waals surface area contributed by atoms with Crippen molar-refractivity contribution in [3.63, 3.8) is 0 Å². The summed E-state index contributed by atoms with van der Waals surface area (Å²) in [6, 6.07) is 5.58. The van der Waals surface area contributed by atoms with Crippen LogP contribution in [0.5, 0.6) is 0 Å². The third-order valence-electron chi connectivity index (χ3n) is 5.15. The number of piperazine rings is 1. The number of hydrogen-bond acceptors (Lipinski definition) is 7. The molecule has 0 bridgehead atoms. The lowest BCUT2D eigenvalue weighted by atomic mass is 10.2. The Hall–Kier alpha value is -2.73. The number of anilines is 1. The van der Waals surface area contributed by atoms with Crippen molar-refractivity contribution in [1.29, 1.82) is 10.5 Å². The van der Waals surface area contributed by atoms with E-state index in [4.69, 9.17) is 10.5 Å². The smallest absolute Gasteiger partial charge is 0.284 e. The van der Waals surface area contributed by atoms with Crippen LogP contribution in [0, 0.1) is 22.7 Å². The topological polar surface area (TPSA) is 133 Å². The molecule has 1 N–H and O–H groups in total. The Morgan fingerprint density at radius 3 is 2.63 bits per heavy atom. The lowest BCUT2D eigenvalue weighted by Gasteiger charge is -2.42. The molecule has 11 heteroatoms. The number of nitrogens with one attached hydrogen (secondary N) is 1. The van der Waals surface area contributed by atoms with Gasteiger partial charge in [0.15, 0.2) is 0 Å². The lowest BCUT2D eigenvalue weighted by molar-refractivity contribution is 0.251. The molecule has 0 radical (unpaired) electrons. The fourth-order valence-corrected chi connectivity index (χ4v) is 5.44. The van der Waals surface area contributed by atoms with Crippen LogP contribution >= 0.6 is 0 Å². The molecule has 2 aromatic heterocycles. The van der Waals surface area contributed by atoms with E-state index >= 15 is 0 Å². The highest BCUT2D eigenvalue weighted by Gasteiger charge is 2.57. The van der Waals surface area contributed by atoms with E-state index in [-0.39, 0.29) is 19.6 Å². The zero-order valence-corrected chi connectivity index (χ0v) is 15.4. The van der Waals surface area contributed by atoms with Crippen molar-refractivity contribution in [3.8, 4) is 12.1 Å². The summed E-state index contributed by atoms with van der Waals surface area (Å²) in [5.74, 6) is 0.787. The zero-order chi connectivity index (χ0) is 19.1. The predicted molar refractivity (Wildman–Crippen MR) is 96.5 cm³/mol. The molecule has 1 saturated heterocycles. The molecule has 2 fully saturated rings. The van der Waals surface area contributed by atoms with Gasteiger partial charge in [-0.15, -0.1) is 0 Å². The monoisotopic (exact) mass is 386 g/mol. The average Bonchev–Trinajstić information content (AvgIpc) is 3.23. The maximum atomic E-state index is 13.0. The van der Waals surface area contributed by atoms with Crippen LogP contribution in [0.4, 0.5) is 5.82 Å². The van der Waals surface area contributed by atoms with Crippen molar-refractivity contribution in [2.45, 2.75) is 18.4 Å². The Balaban J connectivity index is 1.62. The van der Waals surface area contributed by atoms with Gasteiger partial charge in [0.05, 0.1) is 23.1 Å². The number of aromatic amines is 1. The molecule has 3 heterocycles. The summed E-state index contributed by atoms with van der Waals surface area (Å²) in [6.07, 6.45) is 4.80. The van der Waals surface area contributed by atoms with Crippen LogP contribution in [0.15, 0.2) is 18.6 Å². The quantitative estimate of drug-likeness (QED) is 0.726. The Morgan fingerprint density at radius 1 is 1.22 bits per heavy atom. The van der Waals surface area contributed by atoms with Crippen LogP contribution < -0.4 is 4.90 Å². The van der Waals surface area contributed by atoms with Crippen molar-refractivity contribution in [2.24, 2.45) is 0 Å². The van der Waals surface area contributed by atoms with Gasteiger partial charge in [0.2, 0.25) is 0 Å². The van der Waals surface area contributed by atoms with E-state index in [9.17, 15) is 8.42 Å². The molecular weight excluding hydrogens is 368 g/mol. The third-order valence-corrected chi connectivity index (χ3v) is 7.18. The number of aromatic nitrogens is 3. The second-order valence-electron chi connectivity index (χ2n) is 6.75. The van der Waals surface area contributed by atoms with Crippen LogP contribution in [0.1, 0.15) is 12.8 Å². The molecule has 1 saturated carbocycles. The zero-order valence-electron chi connectivity index (χ0n) is 14.5. The largest absolute Gasteiger partial charge is 0.353 e. The molecular formula is C16H18N8O2S. The minimum atomic E-state index is -3.87. The molecule has 0 amide bonds. The summed E-state index contributed by atoms with van der Waals surface area (Å²) in [5.41, 5.74) is 0.238. The standard InChI is InChI=1S/C16H18N8O2S/c17-4-7-23(8-5-18)27(25,26)24-10-9-22(11-16(24)2-3-16)15-13-1-6-19-14(13)20-12-21-15/h1,6,12H,2-3,7-11H2,(H,19,20,21). The summed E-state index contributed by atoms with van der Waals surface area (Å²) >= 11 is 0. The minimum absolute atomic E-state index is 0.283. The van der Waals surface area contributed by atoms with Crippen LogP contribution in [0.2, 0.25) is 0 Å². The van der Waals surface area contributed by atoms with Crippen LogP contribution in [0.3, 0.4) is 0 Å². The third kappa shape index (κ3) is 2.90. The first-order valence-electron chi connectivity index (χ1n) is 8.57. The Kier molecular flexibility index (Phi) is 4.23. The Bertz CT molecular complexity index is 1030. The number of rotatable bonds is 5. The van der Waals surface area contributed by atoms with Crippen molar-refractivity contribution in [3.05, 3.63) is 18.6 Å². The van der Waals surface area contributed by atoms with Gasteiger partial charge in [-0.3, -0.25) is 0 Å². The van der Waals surface area contributed by atoms with Gasteiger partial charge < -0.3 is 9.88 Å². The molecule has 1 aliphatic carbocycles. The Labute approximate surface area is 156 Å². The van der Waals surface area contributed by atoms with E-state index < -0.39 is 15.7 Å². The maximum Gasteiger partial charge on any atom is 0.284 e. The Morgan fingerprint density at radius 2 is 1.96 bits per heavy atom. The van der Waals surface area contributed by atoms with Crippen LogP contribution in [-0.4, -0.2) is 70.2 Å². The van der Waals surface area contributed by atoms with Gasteiger partial charge in [-0.25, -0.2) is 9.97 Å². The molecule has 27 heavy (non-hydrogen) atoms. The van der Waals surface area contributed by atoms with E-state index in [2.05, 4.69) is 19.9 Å². The molecule has 4 rings (SSSR count). The summed E-state index contributed by atoms with van der Waals surface area (Å²) in [6.45, 7) is 0.622. The summed E-state index contributed by atoms with van der Waals surface area (Å²) < 4.78 is 28.5. The SMILES string of the molecule is N#CCN(CC#N)S(=O)(=O)N1CCN(c2ncnc3[nH]ccc23)CC12CC2. The van der Waals surface area contributed by atoms with Gasteiger partial charge in [0.1, 0.15) is 30.9 Å². The summed E-state index contributed by atoms with van der Waals surface area (Å²) in [4.78, 5) is 13.8. The van der Waals surface area contributed by atoms with Crippen molar-refractivity contribution >= 4 is 27.1 Å². The number of nitrogens with zero attached hydrogens (tertiary/aromatic N) is 7. The molecule has 0 unspecified atom stereocenters. The van der Waals surface area contributed by atoms with Gasteiger partial charge in [-0.2, -0.15) is 27.6 Å². The minimum Gasteiger partial charge on any atom is -0.353 e. The number of fused-ring (bicyclic) bond motifs is 1. The molecule has 140 valence electrons. The number of nitriles is 2. The van der Waals surface area contributed by atoms with Gasteiger partial charge >= 0.3 is 0 Å². The van der Waals surface area contributed by atoms with Crippen molar-refractivity contribution in [2.75, 3.05) is 37.6 Å². The molecule has 1 spiro atoms. The maximum absolute atomic E-state index is 13.0. The first-order valence-corrected chi connectivity index (χ1v) is 9.96. The highest BCUT2D eigenvalue weighted by molar-refractivity contribution is 7.86. The van der Waals surface area contributed by atoms with E-state index in [0.717, 1.165) is 34.0 Å². The second-order valence-corrected chi connectivity index (χ2v) is 8.60. The number of H-pyrrole nitrogens is 1. The van der Waals surface area contributed by atoms with E-state index in [1.807, 2.05) is 18.2 Å². The van der Waals surface area contributed by atoms with Crippen molar-refractivity contribution in [1.82, 2.24) is 23.6 Å². The van der Waals surface area contributed by atoms with E-state index in [0.29, 0.717) is 13.1 Å². The second kappa shape index (κ2) is 6.46. The molecule has 2 aromatic rings. The first kappa shape index (κ1) is 17.7. The van der Waals surface area contributed by atoms with Gasteiger partial charge in [-0.05, 0) is 18.9 Å². The average molecular weight is 386 g/mol. The molecule has 10 nitrogen and oxygen atoms in total. The highest BCUT2D eigenvalue weighted by atomic mass is 32.2. The van der Waals surface area contributed by atoms with Crippen LogP contribution in [0.25, 0.3) is 11.0 Å². The number of hydrogen-bond donors (Lipinski definition) is 1. The highest BCUT2D eigenvalue weighted by Crippen LogP contribution is 2.47. The lowest BCUT2D eigenvalue weighted by Crippen LogP contribution is -2.60. The fourth-order valence-electron chi connectivity index (χ4n) is 3.68. The fraction of sp³-hybridized carbons (Fsp3) is 0.500. The molecule has 1 aliphatic heterocycles. The normalized spacial score (nSPS) is 19.3. The van der Waals surface area contributed by atoms with Gasteiger partial charge in [-0.1, -0.05) is 0 Å². The van der Waals surface area contributed by atoms with E-state index in [1.165, 1.54) is 10.6 Å². The van der Waals surface area contributed by atoms with Gasteiger partial charge in [0.25, 0.3) is 10.2 Å². The molecule has 0 atom stereocenters. The molecule has 0 aromatic carbocycles.